The molecule has 2 amide bonds. The molecule has 1 saturated heterocycles. The number of anilines is 2. The van der Waals surface area contributed by atoms with Crippen molar-refractivity contribution in [2.75, 3.05) is 23.3 Å². The summed E-state index contributed by atoms with van der Waals surface area (Å²) in [5, 5.41) is 31.7. The minimum atomic E-state index is -0.754. The Labute approximate surface area is 235 Å². The SMILES string of the molecule is CCc1c(C#N)c(SC(C(N)=O)c2ccccc2)nc(N2CCC(Nc3ncc(C(=O)NO)cn3)CC2)c1C#N. The van der Waals surface area contributed by atoms with Gasteiger partial charge in [-0.15, -0.1) is 0 Å². The van der Waals surface area contributed by atoms with E-state index in [0.717, 1.165) is 11.8 Å². The molecule has 3 aromatic rings. The number of hydrogen-bond acceptors (Lipinski definition) is 11. The second kappa shape index (κ2) is 12.9. The summed E-state index contributed by atoms with van der Waals surface area (Å²) in [4.78, 5) is 38.9. The zero-order valence-corrected chi connectivity index (χ0v) is 22.5. The van der Waals surface area contributed by atoms with Crippen molar-refractivity contribution in [1.82, 2.24) is 20.4 Å². The number of pyridine rings is 1. The summed E-state index contributed by atoms with van der Waals surface area (Å²) in [6.07, 6.45) is 4.45. The van der Waals surface area contributed by atoms with Crippen LogP contribution in [-0.2, 0) is 11.2 Å². The maximum Gasteiger partial charge on any atom is 0.277 e. The molecular weight excluding hydrogens is 530 g/mol. The van der Waals surface area contributed by atoms with Crippen molar-refractivity contribution in [3.8, 4) is 12.1 Å². The predicted octanol–water partition coefficient (Wildman–Crippen LogP) is 2.70. The molecule has 1 unspecified atom stereocenters. The van der Waals surface area contributed by atoms with Crippen molar-refractivity contribution in [3.63, 3.8) is 0 Å². The lowest BCUT2D eigenvalue weighted by Crippen LogP contribution is -2.40. The van der Waals surface area contributed by atoms with Crippen LogP contribution in [0.3, 0.4) is 0 Å². The van der Waals surface area contributed by atoms with E-state index < -0.39 is 17.1 Å². The van der Waals surface area contributed by atoms with Crippen LogP contribution in [0.5, 0.6) is 0 Å². The third kappa shape index (κ3) is 6.12. The number of piperidine rings is 1. The van der Waals surface area contributed by atoms with Gasteiger partial charge in [0.05, 0.1) is 16.7 Å². The van der Waals surface area contributed by atoms with Crippen LogP contribution in [0.4, 0.5) is 11.8 Å². The fourth-order valence-electron chi connectivity index (χ4n) is 4.53. The van der Waals surface area contributed by atoms with Crippen molar-refractivity contribution in [2.24, 2.45) is 5.73 Å². The summed E-state index contributed by atoms with van der Waals surface area (Å²) >= 11 is 1.12. The molecule has 1 aliphatic heterocycles. The molecule has 3 heterocycles. The van der Waals surface area contributed by atoms with Gasteiger partial charge in [0, 0.05) is 31.5 Å². The topological polar surface area (TPSA) is 194 Å². The number of thioether (sulfide) groups is 1. The van der Waals surface area contributed by atoms with Crippen LogP contribution < -0.4 is 21.4 Å². The Kier molecular flexibility index (Phi) is 9.11. The number of nitrogens with two attached hydrogens (primary N) is 1. The maximum atomic E-state index is 12.4. The van der Waals surface area contributed by atoms with Gasteiger partial charge in [-0.25, -0.2) is 20.4 Å². The van der Waals surface area contributed by atoms with Gasteiger partial charge in [-0.2, -0.15) is 10.5 Å². The average Bonchev–Trinajstić information content (AvgIpc) is 2.99. The van der Waals surface area contributed by atoms with Crippen molar-refractivity contribution < 1.29 is 14.8 Å². The minimum absolute atomic E-state index is 0.0366. The molecule has 1 aliphatic rings. The Morgan fingerprint density at radius 1 is 1.15 bits per heavy atom. The summed E-state index contributed by atoms with van der Waals surface area (Å²) in [5.74, 6) is -0.415. The number of hydrogen-bond donors (Lipinski definition) is 4. The van der Waals surface area contributed by atoms with Crippen LogP contribution in [0.2, 0.25) is 0 Å². The molecule has 0 radical (unpaired) electrons. The molecule has 40 heavy (non-hydrogen) atoms. The number of primary amides is 1. The van der Waals surface area contributed by atoms with Gasteiger partial charge >= 0.3 is 0 Å². The van der Waals surface area contributed by atoms with E-state index in [1.165, 1.54) is 17.9 Å². The van der Waals surface area contributed by atoms with Crippen molar-refractivity contribution in [1.29, 1.82) is 10.5 Å². The molecule has 12 nitrogen and oxygen atoms in total. The lowest BCUT2D eigenvalue weighted by molar-refractivity contribution is -0.117. The highest BCUT2D eigenvalue weighted by Gasteiger charge is 2.29. The number of carbonyl (C=O) groups is 2. The normalized spacial score (nSPS) is 14.1. The second-order valence-corrected chi connectivity index (χ2v) is 10.1. The van der Waals surface area contributed by atoms with Crippen molar-refractivity contribution in [3.05, 3.63) is 70.5 Å². The number of rotatable bonds is 9. The van der Waals surface area contributed by atoms with E-state index in [4.69, 9.17) is 15.9 Å². The third-order valence-corrected chi connectivity index (χ3v) is 7.82. The van der Waals surface area contributed by atoms with E-state index in [9.17, 15) is 20.1 Å². The first-order chi connectivity index (χ1) is 19.4. The van der Waals surface area contributed by atoms with Gasteiger partial charge in [-0.05, 0) is 30.4 Å². The van der Waals surface area contributed by atoms with E-state index in [0.29, 0.717) is 65.8 Å². The molecule has 0 saturated carbocycles. The lowest BCUT2D eigenvalue weighted by Gasteiger charge is -2.34. The first-order valence-corrected chi connectivity index (χ1v) is 13.4. The molecular formula is C27H27N9O3S. The quantitative estimate of drug-likeness (QED) is 0.172. The minimum Gasteiger partial charge on any atom is -0.368 e. The summed E-state index contributed by atoms with van der Waals surface area (Å²) in [6.45, 7) is 3.02. The highest BCUT2D eigenvalue weighted by Crippen LogP contribution is 2.40. The monoisotopic (exact) mass is 557 g/mol. The third-order valence-electron chi connectivity index (χ3n) is 6.56. The lowest BCUT2D eigenvalue weighted by atomic mass is 10.00. The fourth-order valence-corrected chi connectivity index (χ4v) is 5.59. The zero-order chi connectivity index (χ0) is 28.6. The summed E-state index contributed by atoms with van der Waals surface area (Å²) in [7, 11) is 0. The van der Waals surface area contributed by atoms with Gasteiger partial charge in [0.25, 0.3) is 5.91 Å². The average molecular weight is 558 g/mol. The molecule has 13 heteroatoms. The number of amides is 2. The van der Waals surface area contributed by atoms with Crippen LogP contribution in [0.1, 0.15) is 57.6 Å². The smallest absolute Gasteiger partial charge is 0.277 e. The largest absolute Gasteiger partial charge is 0.368 e. The van der Waals surface area contributed by atoms with Gasteiger partial charge in [-0.3, -0.25) is 14.8 Å². The molecule has 4 rings (SSSR count). The van der Waals surface area contributed by atoms with E-state index in [-0.39, 0.29) is 17.2 Å². The molecule has 2 aromatic heterocycles. The van der Waals surface area contributed by atoms with Crippen LogP contribution in [0.15, 0.2) is 47.8 Å². The molecule has 1 fully saturated rings. The van der Waals surface area contributed by atoms with Crippen molar-refractivity contribution in [2.45, 2.75) is 42.5 Å². The summed E-state index contributed by atoms with van der Waals surface area (Å²) in [5.41, 5.74) is 9.34. The van der Waals surface area contributed by atoms with Crippen molar-refractivity contribution >= 4 is 35.3 Å². The first-order valence-electron chi connectivity index (χ1n) is 12.6. The van der Waals surface area contributed by atoms with Crippen LogP contribution in [0, 0.1) is 22.7 Å². The number of carbonyl (C=O) groups excluding carboxylic acids is 2. The molecule has 5 N–H and O–H groups in total. The summed E-state index contributed by atoms with van der Waals surface area (Å²) in [6, 6.07) is 13.6. The highest BCUT2D eigenvalue weighted by atomic mass is 32.2. The Morgan fingerprint density at radius 3 is 2.35 bits per heavy atom. The Morgan fingerprint density at radius 2 is 1.80 bits per heavy atom. The second-order valence-electron chi connectivity index (χ2n) is 9.00. The maximum absolute atomic E-state index is 12.4. The first kappa shape index (κ1) is 28.3. The number of nitriles is 2. The van der Waals surface area contributed by atoms with Crippen LogP contribution in [-0.4, -0.2) is 51.1 Å². The number of nitrogens with zero attached hydrogens (tertiary/aromatic N) is 6. The fraction of sp³-hybridized carbons (Fsp3) is 0.296. The number of aromatic nitrogens is 3. The van der Waals surface area contributed by atoms with Crippen LogP contribution in [0.25, 0.3) is 0 Å². The van der Waals surface area contributed by atoms with Gasteiger partial charge in [0.2, 0.25) is 11.9 Å². The van der Waals surface area contributed by atoms with Gasteiger partial charge < -0.3 is 16.0 Å². The zero-order valence-electron chi connectivity index (χ0n) is 21.7. The predicted molar refractivity (Wildman–Crippen MR) is 147 cm³/mol. The van der Waals surface area contributed by atoms with E-state index in [2.05, 4.69) is 27.4 Å². The molecule has 204 valence electrons. The van der Waals surface area contributed by atoms with Gasteiger partial charge in [-0.1, -0.05) is 49.0 Å². The molecule has 0 spiro atoms. The standard InChI is InChI=1S/C27H27N9O3S/c1-2-19-20(12-28)24(34-26(21(19)13-29)40-22(23(30)37)16-6-4-3-5-7-16)36-10-8-18(9-11-36)33-27-31-14-17(15-32-27)25(38)35-39/h3-7,14-15,18,22,39H,2,8-11H2,1H3,(H2,30,37)(H,35,38)(H,31,32,33). The Hall–Kier alpha value is -4.72. The van der Waals surface area contributed by atoms with Gasteiger partial charge in [0.1, 0.15) is 28.2 Å². The number of benzene rings is 1. The van der Waals surface area contributed by atoms with E-state index >= 15 is 0 Å². The van der Waals surface area contributed by atoms with Gasteiger partial charge in [0.15, 0.2) is 0 Å². The molecule has 1 atom stereocenters. The Balaban J connectivity index is 1.57. The van der Waals surface area contributed by atoms with E-state index in [1.54, 1.807) is 12.1 Å². The molecule has 1 aromatic carbocycles. The highest BCUT2D eigenvalue weighted by molar-refractivity contribution is 8.00. The number of hydroxylamine groups is 1. The molecule has 0 bridgehead atoms. The number of nitrogens with one attached hydrogen (secondary N) is 2. The summed E-state index contributed by atoms with van der Waals surface area (Å²) < 4.78 is 0. The van der Waals surface area contributed by atoms with E-state index in [1.807, 2.05) is 30.0 Å². The Bertz CT molecular complexity index is 1460. The molecule has 0 aliphatic carbocycles. The van der Waals surface area contributed by atoms with Crippen LogP contribution >= 0.6 is 11.8 Å².